The largest absolute Gasteiger partial charge is 0.289 e. The van der Waals surface area contributed by atoms with Gasteiger partial charge in [0.2, 0.25) is 0 Å². The Balaban J connectivity index is 2.16. The SMILES string of the molecule is C=C1C(=O)C(c2ccccc2)=C1c1ccc(Br)cc1. The highest BCUT2D eigenvalue weighted by Gasteiger charge is 2.33. The fourth-order valence-electron chi connectivity index (χ4n) is 2.28. The lowest BCUT2D eigenvalue weighted by Gasteiger charge is -2.25. The summed E-state index contributed by atoms with van der Waals surface area (Å²) in [6.07, 6.45) is 0. The molecule has 0 aromatic heterocycles. The van der Waals surface area contributed by atoms with E-state index in [2.05, 4.69) is 22.5 Å². The molecule has 2 aromatic carbocycles. The lowest BCUT2D eigenvalue weighted by molar-refractivity contribution is -0.110. The summed E-state index contributed by atoms with van der Waals surface area (Å²) in [6.45, 7) is 3.88. The van der Waals surface area contributed by atoms with Crippen LogP contribution in [-0.2, 0) is 4.79 Å². The van der Waals surface area contributed by atoms with Crippen LogP contribution < -0.4 is 0 Å². The minimum Gasteiger partial charge on any atom is -0.289 e. The summed E-state index contributed by atoms with van der Waals surface area (Å²) in [5.41, 5.74) is 4.32. The van der Waals surface area contributed by atoms with Crippen molar-refractivity contribution in [1.82, 2.24) is 0 Å². The quantitative estimate of drug-likeness (QED) is 0.746. The van der Waals surface area contributed by atoms with Crippen LogP contribution in [0.4, 0.5) is 0 Å². The molecule has 0 radical (unpaired) electrons. The second-order valence-corrected chi connectivity index (χ2v) is 5.35. The van der Waals surface area contributed by atoms with Gasteiger partial charge in [0.25, 0.3) is 0 Å². The number of hydrogen-bond acceptors (Lipinski definition) is 1. The van der Waals surface area contributed by atoms with Crippen molar-refractivity contribution in [3.05, 3.63) is 82.3 Å². The average Bonchev–Trinajstić information content (AvgIpc) is 2.46. The number of benzene rings is 2. The van der Waals surface area contributed by atoms with E-state index in [0.717, 1.165) is 26.7 Å². The number of ketones is 1. The highest BCUT2D eigenvalue weighted by Crippen LogP contribution is 2.43. The van der Waals surface area contributed by atoms with Gasteiger partial charge in [-0.05, 0) is 23.3 Å². The van der Waals surface area contributed by atoms with Gasteiger partial charge in [0.05, 0.1) is 0 Å². The van der Waals surface area contributed by atoms with E-state index >= 15 is 0 Å². The standard InChI is InChI=1S/C17H11BrO/c1-11-15(13-7-9-14(18)10-8-13)16(17(11)19)12-5-3-2-4-6-12/h2-10H,1H2. The van der Waals surface area contributed by atoms with Crippen LogP contribution in [0.5, 0.6) is 0 Å². The van der Waals surface area contributed by atoms with Crippen molar-refractivity contribution in [1.29, 1.82) is 0 Å². The maximum Gasteiger partial charge on any atom is 0.194 e. The summed E-state index contributed by atoms with van der Waals surface area (Å²) < 4.78 is 1.02. The Kier molecular flexibility index (Phi) is 2.96. The van der Waals surface area contributed by atoms with Crippen molar-refractivity contribution in [3.63, 3.8) is 0 Å². The summed E-state index contributed by atoms with van der Waals surface area (Å²) in [6, 6.07) is 17.7. The van der Waals surface area contributed by atoms with Gasteiger partial charge in [-0.25, -0.2) is 0 Å². The zero-order valence-corrected chi connectivity index (χ0v) is 11.8. The number of halogens is 1. The fraction of sp³-hybridized carbons (Fsp3) is 0. The van der Waals surface area contributed by atoms with Crippen molar-refractivity contribution >= 4 is 32.9 Å². The fourth-order valence-corrected chi connectivity index (χ4v) is 2.55. The van der Waals surface area contributed by atoms with Crippen LogP contribution in [0.2, 0.25) is 0 Å². The van der Waals surface area contributed by atoms with Crippen molar-refractivity contribution < 1.29 is 4.79 Å². The Morgan fingerprint density at radius 2 is 1.37 bits per heavy atom. The molecule has 1 nitrogen and oxygen atoms in total. The first-order chi connectivity index (χ1) is 9.18. The molecule has 92 valence electrons. The molecule has 2 aromatic rings. The highest BCUT2D eigenvalue weighted by molar-refractivity contribution is 9.10. The first kappa shape index (κ1) is 12.1. The van der Waals surface area contributed by atoms with Crippen LogP contribution in [0.3, 0.4) is 0 Å². The molecule has 0 bridgehead atoms. The number of rotatable bonds is 2. The first-order valence-corrected chi connectivity index (χ1v) is 6.77. The molecule has 0 heterocycles. The Labute approximate surface area is 120 Å². The van der Waals surface area contributed by atoms with Crippen LogP contribution in [0.1, 0.15) is 11.1 Å². The monoisotopic (exact) mass is 310 g/mol. The third-order valence-corrected chi connectivity index (χ3v) is 3.78. The van der Waals surface area contributed by atoms with E-state index in [0.29, 0.717) is 5.57 Å². The van der Waals surface area contributed by atoms with E-state index in [1.807, 2.05) is 54.6 Å². The second kappa shape index (κ2) is 4.63. The van der Waals surface area contributed by atoms with Gasteiger partial charge in [-0.3, -0.25) is 4.79 Å². The molecule has 0 N–H and O–H groups in total. The summed E-state index contributed by atoms with van der Waals surface area (Å²) in [5.74, 6) is 0.0455. The van der Waals surface area contributed by atoms with Gasteiger partial charge in [0, 0.05) is 21.2 Å². The minimum absolute atomic E-state index is 0.0455. The molecule has 0 fully saturated rings. The van der Waals surface area contributed by atoms with Gasteiger partial charge in [-0.2, -0.15) is 0 Å². The van der Waals surface area contributed by atoms with E-state index in [9.17, 15) is 4.79 Å². The molecule has 19 heavy (non-hydrogen) atoms. The van der Waals surface area contributed by atoms with E-state index in [4.69, 9.17) is 0 Å². The molecule has 0 aliphatic heterocycles. The molecule has 3 rings (SSSR count). The molecule has 1 aliphatic rings. The Morgan fingerprint density at radius 1 is 0.789 bits per heavy atom. The van der Waals surface area contributed by atoms with Crippen molar-refractivity contribution in [2.75, 3.05) is 0 Å². The number of carbonyl (C=O) groups is 1. The van der Waals surface area contributed by atoms with Gasteiger partial charge in [-0.1, -0.05) is 65.0 Å². The Bertz CT molecular complexity index is 694. The second-order valence-electron chi connectivity index (χ2n) is 4.43. The Morgan fingerprint density at radius 3 is 2.00 bits per heavy atom. The first-order valence-electron chi connectivity index (χ1n) is 5.98. The predicted octanol–water partition coefficient (Wildman–Crippen LogP) is 4.50. The van der Waals surface area contributed by atoms with E-state index in [1.165, 1.54) is 0 Å². The molecule has 0 atom stereocenters. The molecule has 0 spiro atoms. The molecule has 1 aliphatic carbocycles. The summed E-state index contributed by atoms with van der Waals surface area (Å²) in [5, 5.41) is 0. The summed E-state index contributed by atoms with van der Waals surface area (Å²) >= 11 is 3.42. The van der Waals surface area contributed by atoms with Crippen molar-refractivity contribution in [2.45, 2.75) is 0 Å². The topological polar surface area (TPSA) is 17.1 Å². The van der Waals surface area contributed by atoms with Gasteiger partial charge in [0.15, 0.2) is 5.78 Å². The molecule has 0 unspecified atom stereocenters. The normalized spacial score (nSPS) is 14.6. The van der Waals surface area contributed by atoms with Crippen LogP contribution in [0.25, 0.3) is 11.1 Å². The molecular formula is C17H11BrO. The molecular weight excluding hydrogens is 300 g/mol. The molecule has 0 amide bonds. The van der Waals surface area contributed by atoms with Gasteiger partial charge < -0.3 is 0 Å². The lowest BCUT2D eigenvalue weighted by Crippen LogP contribution is -2.19. The highest BCUT2D eigenvalue weighted by atomic mass is 79.9. The smallest absolute Gasteiger partial charge is 0.194 e. The maximum atomic E-state index is 12.0. The Hall–Kier alpha value is -1.93. The molecule has 0 saturated heterocycles. The van der Waals surface area contributed by atoms with Crippen LogP contribution in [0, 0.1) is 0 Å². The third kappa shape index (κ3) is 1.98. The summed E-state index contributed by atoms with van der Waals surface area (Å²) in [7, 11) is 0. The number of carbonyl (C=O) groups excluding carboxylic acids is 1. The van der Waals surface area contributed by atoms with Crippen molar-refractivity contribution in [2.24, 2.45) is 0 Å². The third-order valence-electron chi connectivity index (χ3n) is 3.25. The molecule has 2 heteroatoms. The van der Waals surface area contributed by atoms with Crippen LogP contribution >= 0.6 is 15.9 Å². The lowest BCUT2D eigenvalue weighted by atomic mass is 9.75. The number of hydrogen-bond donors (Lipinski definition) is 0. The van der Waals surface area contributed by atoms with Crippen molar-refractivity contribution in [3.8, 4) is 0 Å². The minimum atomic E-state index is 0.0455. The van der Waals surface area contributed by atoms with E-state index in [1.54, 1.807) is 0 Å². The zero-order valence-electron chi connectivity index (χ0n) is 10.2. The van der Waals surface area contributed by atoms with E-state index < -0.39 is 0 Å². The predicted molar refractivity (Wildman–Crippen MR) is 81.5 cm³/mol. The maximum absolute atomic E-state index is 12.0. The zero-order chi connectivity index (χ0) is 13.4. The van der Waals surface area contributed by atoms with Gasteiger partial charge in [0.1, 0.15) is 0 Å². The van der Waals surface area contributed by atoms with E-state index in [-0.39, 0.29) is 5.78 Å². The number of Topliss-reactive ketones (excluding diaryl/α,β-unsaturated/α-hetero) is 1. The summed E-state index contributed by atoms with van der Waals surface area (Å²) in [4.78, 5) is 12.0. The number of allylic oxidation sites excluding steroid dienone is 3. The average molecular weight is 311 g/mol. The van der Waals surface area contributed by atoms with Crippen LogP contribution in [0.15, 0.2) is 71.2 Å². The van der Waals surface area contributed by atoms with Crippen LogP contribution in [-0.4, -0.2) is 5.78 Å². The van der Waals surface area contributed by atoms with Gasteiger partial charge >= 0.3 is 0 Å². The molecule has 0 saturated carbocycles. The van der Waals surface area contributed by atoms with Gasteiger partial charge in [-0.15, -0.1) is 0 Å².